The van der Waals surface area contributed by atoms with Gasteiger partial charge in [-0.2, -0.15) is 0 Å². The van der Waals surface area contributed by atoms with Crippen LogP contribution in [0.15, 0.2) is 63.7 Å². The zero-order valence-electron chi connectivity index (χ0n) is 19.2. The summed E-state index contributed by atoms with van der Waals surface area (Å²) in [4.78, 5) is 5.04. The molecule has 0 fully saturated rings. The van der Waals surface area contributed by atoms with Gasteiger partial charge in [-0.3, -0.25) is 9.01 Å². The molecule has 0 aliphatic heterocycles. The van der Waals surface area contributed by atoms with Crippen LogP contribution in [0.25, 0.3) is 10.9 Å². The molecule has 1 unspecified atom stereocenters. The number of rotatable bonds is 6. The fourth-order valence-corrected chi connectivity index (χ4v) is 8.01. The third-order valence-electron chi connectivity index (χ3n) is 5.75. The second kappa shape index (κ2) is 8.61. The Morgan fingerprint density at radius 2 is 1.68 bits per heavy atom. The lowest BCUT2D eigenvalue weighted by atomic mass is 10.2. The molecule has 3 aromatic rings. The molecule has 2 aromatic carbocycles. The van der Waals surface area contributed by atoms with Crippen LogP contribution in [0.4, 0.5) is 0 Å². The van der Waals surface area contributed by atoms with Gasteiger partial charge in [-0.05, 0) is 67.6 Å². The standard InChI is InChI=1S/C23H31N3O3SSi/c1-23(2,3)31(6,7)26-30(27,24-4)19-11-8-17(9-12-19)29-22-14-15-25-21-16-18(28-5)10-13-20(21)22/h8-16H,1-7H3,(H,24,26,27). The van der Waals surface area contributed by atoms with E-state index in [0.717, 1.165) is 16.7 Å². The largest absolute Gasteiger partial charge is 0.497 e. The van der Waals surface area contributed by atoms with Gasteiger partial charge in [0.25, 0.3) is 0 Å². The molecule has 0 saturated carbocycles. The van der Waals surface area contributed by atoms with Gasteiger partial charge >= 0.3 is 0 Å². The summed E-state index contributed by atoms with van der Waals surface area (Å²) < 4.78 is 32.8. The van der Waals surface area contributed by atoms with Gasteiger partial charge in [-0.1, -0.05) is 20.8 Å². The number of nitrogens with zero attached hydrogens (tertiary/aromatic N) is 2. The molecule has 0 spiro atoms. The number of ether oxygens (including phenoxy) is 2. The number of fused-ring (bicyclic) bond motifs is 1. The van der Waals surface area contributed by atoms with Crippen molar-refractivity contribution in [1.82, 2.24) is 9.71 Å². The Labute approximate surface area is 186 Å². The molecule has 166 valence electrons. The van der Waals surface area contributed by atoms with E-state index < -0.39 is 18.2 Å². The van der Waals surface area contributed by atoms with Gasteiger partial charge in [-0.15, -0.1) is 0 Å². The quantitative estimate of drug-likeness (QED) is 0.461. The molecule has 8 heteroatoms. The minimum atomic E-state index is -2.72. The van der Waals surface area contributed by atoms with E-state index in [4.69, 9.17) is 13.5 Å². The first-order valence-corrected chi connectivity index (χ1v) is 14.6. The second-order valence-electron chi connectivity index (χ2n) is 8.90. The highest BCUT2D eigenvalue weighted by molar-refractivity contribution is 7.92. The molecule has 0 bridgehead atoms. The van der Waals surface area contributed by atoms with E-state index in [-0.39, 0.29) is 5.04 Å². The minimum absolute atomic E-state index is 0.000639. The van der Waals surface area contributed by atoms with Crippen LogP contribution in [-0.2, 0) is 9.92 Å². The molecule has 0 amide bonds. The molecule has 1 aromatic heterocycles. The van der Waals surface area contributed by atoms with Gasteiger partial charge in [0.15, 0.2) is 8.24 Å². The summed E-state index contributed by atoms with van der Waals surface area (Å²) in [5, 5.41) is 0.889. The first kappa shape index (κ1) is 23.2. The van der Waals surface area contributed by atoms with Crippen LogP contribution in [-0.4, -0.2) is 31.6 Å². The third-order valence-corrected chi connectivity index (χ3v) is 13.7. The summed E-state index contributed by atoms with van der Waals surface area (Å²) in [5.41, 5.74) is 0.792. The number of aromatic nitrogens is 1. The molecule has 0 aliphatic rings. The summed E-state index contributed by atoms with van der Waals surface area (Å²) in [6.45, 7) is 10.8. The Bertz CT molecular complexity index is 1190. The smallest absolute Gasteiger partial charge is 0.195 e. The molecular weight excluding hydrogens is 426 g/mol. The average molecular weight is 458 g/mol. The number of hydrogen-bond donors (Lipinski definition) is 1. The number of pyridine rings is 1. The van der Waals surface area contributed by atoms with Gasteiger partial charge < -0.3 is 9.47 Å². The molecule has 31 heavy (non-hydrogen) atoms. The average Bonchev–Trinajstić information content (AvgIpc) is 2.72. The van der Waals surface area contributed by atoms with Crippen molar-refractivity contribution in [3.63, 3.8) is 0 Å². The predicted molar refractivity (Wildman–Crippen MR) is 130 cm³/mol. The summed E-state index contributed by atoms with van der Waals surface area (Å²) in [6, 6.07) is 14.8. The first-order chi connectivity index (χ1) is 14.5. The van der Waals surface area contributed by atoms with Crippen molar-refractivity contribution in [2.45, 2.75) is 43.8 Å². The van der Waals surface area contributed by atoms with Gasteiger partial charge in [0, 0.05) is 17.6 Å². The van der Waals surface area contributed by atoms with Crippen molar-refractivity contribution in [1.29, 1.82) is 0 Å². The Kier molecular flexibility index (Phi) is 6.45. The zero-order valence-corrected chi connectivity index (χ0v) is 21.0. The first-order valence-electron chi connectivity index (χ1n) is 10.2. The number of benzene rings is 2. The zero-order chi connectivity index (χ0) is 22.9. The van der Waals surface area contributed by atoms with Crippen molar-refractivity contribution in [2.75, 3.05) is 14.2 Å². The maximum absolute atomic E-state index is 13.6. The highest BCUT2D eigenvalue weighted by atomic mass is 32.2. The second-order valence-corrected chi connectivity index (χ2v) is 16.2. The fraction of sp³-hybridized carbons (Fsp3) is 0.348. The van der Waals surface area contributed by atoms with Crippen LogP contribution >= 0.6 is 0 Å². The number of methoxy groups -OCH3 is 1. The van der Waals surface area contributed by atoms with Gasteiger partial charge in [0.05, 0.1) is 17.5 Å². The Morgan fingerprint density at radius 1 is 1.03 bits per heavy atom. The van der Waals surface area contributed by atoms with Crippen molar-refractivity contribution in [3.8, 4) is 17.2 Å². The van der Waals surface area contributed by atoms with E-state index in [0.29, 0.717) is 16.4 Å². The highest BCUT2D eigenvalue weighted by Crippen LogP contribution is 2.38. The van der Waals surface area contributed by atoms with Crippen LogP contribution in [0.3, 0.4) is 0 Å². The molecule has 6 nitrogen and oxygen atoms in total. The molecule has 0 radical (unpaired) electrons. The summed E-state index contributed by atoms with van der Waals surface area (Å²) in [5.74, 6) is 2.09. The van der Waals surface area contributed by atoms with Crippen molar-refractivity contribution in [3.05, 3.63) is 54.7 Å². The minimum Gasteiger partial charge on any atom is -0.497 e. The number of nitrogens with one attached hydrogen (secondary N) is 1. The molecule has 1 heterocycles. The lowest BCUT2D eigenvalue weighted by molar-refractivity contribution is 0.415. The van der Waals surface area contributed by atoms with Crippen LogP contribution in [0.5, 0.6) is 17.2 Å². The molecule has 1 atom stereocenters. The van der Waals surface area contributed by atoms with Crippen LogP contribution in [0, 0.1) is 0 Å². The van der Waals surface area contributed by atoms with Crippen LogP contribution in [0.2, 0.25) is 18.1 Å². The lowest BCUT2D eigenvalue weighted by Gasteiger charge is -2.33. The SMILES string of the molecule is CNS(=O)(=N[Si](C)(C)C(C)(C)C)c1ccc(Oc2ccnc3cc(OC)ccc23)cc1. The van der Waals surface area contributed by atoms with Gasteiger partial charge in [0.1, 0.15) is 27.2 Å². The van der Waals surface area contributed by atoms with E-state index in [2.05, 4.69) is 43.6 Å². The lowest BCUT2D eigenvalue weighted by Crippen LogP contribution is -2.38. The monoisotopic (exact) mass is 457 g/mol. The van der Waals surface area contributed by atoms with Crippen molar-refractivity contribution < 1.29 is 13.7 Å². The van der Waals surface area contributed by atoms with Crippen molar-refractivity contribution in [2.24, 2.45) is 4.03 Å². The number of hydrogen-bond acceptors (Lipinski definition) is 5. The van der Waals surface area contributed by atoms with Crippen molar-refractivity contribution >= 4 is 29.1 Å². The normalized spacial score (nSPS) is 14.2. The van der Waals surface area contributed by atoms with Crippen LogP contribution < -0.4 is 14.2 Å². The summed E-state index contributed by atoms with van der Waals surface area (Å²) >= 11 is 0. The molecular formula is C23H31N3O3SSi. The molecule has 3 rings (SSSR count). The fourth-order valence-electron chi connectivity index (χ4n) is 2.81. The van der Waals surface area contributed by atoms with E-state index >= 15 is 0 Å². The third kappa shape index (κ3) is 4.92. The Morgan fingerprint density at radius 3 is 2.26 bits per heavy atom. The molecule has 0 saturated heterocycles. The van der Waals surface area contributed by atoms with E-state index in [1.807, 2.05) is 48.5 Å². The highest BCUT2D eigenvalue weighted by Gasteiger charge is 2.37. The van der Waals surface area contributed by atoms with E-state index in [1.54, 1.807) is 20.4 Å². The van der Waals surface area contributed by atoms with E-state index in [1.165, 1.54) is 0 Å². The Hall–Kier alpha value is -2.42. The van der Waals surface area contributed by atoms with Gasteiger partial charge in [-0.25, -0.2) is 8.93 Å². The maximum Gasteiger partial charge on any atom is 0.195 e. The predicted octanol–water partition coefficient (Wildman–Crippen LogP) is 6.00. The topological polar surface area (TPSA) is 72.8 Å². The maximum atomic E-state index is 13.6. The van der Waals surface area contributed by atoms with E-state index in [9.17, 15) is 4.21 Å². The van der Waals surface area contributed by atoms with Gasteiger partial charge in [0.2, 0.25) is 0 Å². The van der Waals surface area contributed by atoms with Crippen LogP contribution in [0.1, 0.15) is 20.8 Å². The molecule has 0 aliphatic carbocycles. The summed E-state index contributed by atoms with van der Waals surface area (Å²) in [6.07, 6.45) is 1.71. The molecule has 1 N–H and O–H groups in total. The summed E-state index contributed by atoms with van der Waals surface area (Å²) in [7, 11) is -1.52. The Balaban J connectivity index is 1.93.